The summed E-state index contributed by atoms with van der Waals surface area (Å²) < 4.78 is 5.89. The molecule has 0 aliphatic carbocycles. The first-order chi connectivity index (χ1) is 11.6. The van der Waals surface area contributed by atoms with Gasteiger partial charge in [-0.1, -0.05) is 37.3 Å². The average Bonchev–Trinajstić information content (AvgIpc) is 2.88. The van der Waals surface area contributed by atoms with Gasteiger partial charge < -0.3 is 14.5 Å². The summed E-state index contributed by atoms with van der Waals surface area (Å²) in [4.78, 5) is 28.6. The lowest BCUT2D eigenvalue weighted by Crippen LogP contribution is -2.48. The molecular weight excluding hydrogens is 304 g/mol. The predicted molar refractivity (Wildman–Crippen MR) is 91.3 cm³/mol. The Balaban J connectivity index is 1.66. The van der Waals surface area contributed by atoms with Crippen LogP contribution in [0.3, 0.4) is 0 Å². The number of carbonyl (C=O) groups excluding carboxylic acids is 2. The molecule has 0 aromatic heterocycles. The minimum absolute atomic E-state index is 0.160. The Hall–Kier alpha value is -1.88. The molecule has 1 atom stereocenters. The summed E-state index contributed by atoms with van der Waals surface area (Å²) in [5.74, 6) is -0.0928. The standard InChI is InChI=1S/C19H26N2O3/c1-15-8-11-20(12-9-15)18(22)19(23)21-10-5-13-24-17(14-21)16-6-3-2-4-7-16/h2-4,6-7,15,17H,5,8-14H2,1H3. The molecule has 0 spiro atoms. The second kappa shape index (κ2) is 7.79. The Bertz CT molecular complexity index is 567. The first-order valence-electron chi connectivity index (χ1n) is 8.90. The number of benzene rings is 1. The van der Waals surface area contributed by atoms with E-state index < -0.39 is 0 Å². The number of likely N-dealkylation sites (tertiary alicyclic amines) is 1. The highest BCUT2D eigenvalue weighted by atomic mass is 16.5. The first-order valence-corrected chi connectivity index (χ1v) is 8.90. The van der Waals surface area contributed by atoms with E-state index in [-0.39, 0.29) is 17.9 Å². The van der Waals surface area contributed by atoms with Gasteiger partial charge in [-0.05, 0) is 30.7 Å². The SMILES string of the molecule is CC1CCN(C(=O)C(=O)N2CCCOC(c3ccccc3)C2)CC1. The van der Waals surface area contributed by atoms with Gasteiger partial charge >= 0.3 is 11.8 Å². The fourth-order valence-corrected chi connectivity index (χ4v) is 3.36. The molecule has 1 aromatic carbocycles. The summed E-state index contributed by atoms with van der Waals surface area (Å²) in [5.41, 5.74) is 1.05. The smallest absolute Gasteiger partial charge is 0.312 e. The van der Waals surface area contributed by atoms with Gasteiger partial charge in [0.05, 0.1) is 6.54 Å². The van der Waals surface area contributed by atoms with Crippen molar-refractivity contribution in [2.75, 3.05) is 32.8 Å². The lowest BCUT2D eigenvalue weighted by molar-refractivity contribution is -0.153. The van der Waals surface area contributed by atoms with Crippen LogP contribution in [0.2, 0.25) is 0 Å². The van der Waals surface area contributed by atoms with Crippen LogP contribution in [0, 0.1) is 5.92 Å². The molecule has 5 nitrogen and oxygen atoms in total. The van der Waals surface area contributed by atoms with Crippen molar-refractivity contribution in [3.05, 3.63) is 35.9 Å². The summed E-state index contributed by atoms with van der Waals surface area (Å²) in [5, 5.41) is 0. The molecule has 5 heteroatoms. The van der Waals surface area contributed by atoms with Crippen LogP contribution in [0.5, 0.6) is 0 Å². The second-order valence-electron chi connectivity index (χ2n) is 6.85. The van der Waals surface area contributed by atoms with Crippen LogP contribution in [0.4, 0.5) is 0 Å². The van der Waals surface area contributed by atoms with Gasteiger partial charge in [0.25, 0.3) is 0 Å². The lowest BCUT2D eigenvalue weighted by Gasteiger charge is -2.32. The van der Waals surface area contributed by atoms with Crippen molar-refractivity contribution < 1.29 is 14.3 Å². The number of carbonyl (C=O) groups is 2. The Morgan fingerprint density at radius 1 is 1.00 bits per heavy atom. The van der Waals surface area contributed by atoms with Gasteiger partial charge in [-0.25, -0.2) is 0 Å². The van der Waals surface area contributed by atoms with Crippen molar-refractivity contribution >= 4 is 11.8 Å². The molecular formula is C19H26N2O3. The van der Waals surface area contributed by atoms with E-state index in [2.05, 4.69) is 6.92 Å². The highest BCUT2D eigenvalue weighted by Gasteiger charge is 2.31. The number of ether oxygens (including phenoxy) is 1. The fourth-order valence-electron chi connectivity index (χ4n) is 3.36. The third-order valence-electron chi connectivity index (χ3n) is 4.99. The van der Waals surface area contributed by atoms with Crippen molar-refractivity contribution in [2.45, 2.75) is 32.3 Å². The van der Waals surface area contributed by atoms with Gasteiger partial charge in [0, 0.05) is 26.2 Å². The maximum Gasteiger partial charge on any atom is 0.312 e. The molecule has 1 aromatic rings. The molecule has 2 fully saturated rings. The summed E-state index contributed by atoms with van der Waals surface area (Å²) >= 11 is 0. The molecule has 0 radical (unpaired) electrons. The first kappa shape index (κ1) is 17.0. The van der Waals surface area contributed by atoms with Gasteiger partial charge in [-0.3, -0.25) is 9.59 Å². The molecule has 0 saturated carbocycles. The van der Waals surface area contributed by atoms with E-state index in [1.54, 1.807) is 9.80 Å². The third kappa shape index (κ3) is 3.96. The topological polar surface area (TPSA) is 49.9 Å². The predicted octanol–water partition coefficient (Wildman–Crippen LogP) is 2.24. The molecule has 2 heterocycles. The average molecular weight is 330 g/mol. The largest absolute Gasteiger partial charge is 0.372 e. The number of rotatable bonds is 1. The van der Waals surface area contributed by atoms with Gasteiger partial charge in [-0.15, -0.1) is 0 Å². The highest BCUT2D eigenvalue weighted by Crippen LogP contribution is 2.22. The van der Waals surface area contributed by atoms with E-state index in [9.17, 15) is 9.59 Å². The third-order valence-corrected chi connectivity index (χ3v) is 4.99. The van der Waals surface area contributed by atoms with Gasteiger partial charge in [0.2, 0.25) is 0 Å². The zero-order chi connectivity index (χ0) is 16.9. The lowest BCUT2D eigenvalue weighted by atomic mass is 9.99. The van der Waals surface area contributed by atoms with Crippen molar-refractivity contribution in [1.29, 1.82) is 0 Å². The summed E-state index contributed by atoms with van der Waals surface area (Å²) in [6.45, 7) is 5.21. The highest BCUT2D eigenvalue weighted by molar-refractivity contribution is 6.34. The van der Waals surface area contributed by atoms with Crippen molar-refractivity contribution in [1.82, 2.24) is 9.80 Å². The molecule has 1 unspecified atom stereocenters. The number of piperidine rings is 1. The van der Waals surface area contributed by atoms with Gasteiger partial charge in [0.1, 0.15) is 6.10 Å². The van der Waals surface area contributed by atoms with E-state index in [1.807, 2.05) is 30.3 Å². The molecule has 0 N–H and O–H groups in total. The zero-order valence-corrected chi connectivity index (χ0v) is 14.3. The molecule has 2 amide bonds. The molecule has 2 aliphatic heterocycles. The second-order valence-corrected chi connectivity index (χ2v) is 6.85. The number of hydrogen-bond donors (Lipinski definition) is 0. The van der Waals surface area contributed by atoms with Crippen LogP contribution >= 0.6 is 0 Å². The number of nitrogens with zero attached hydrogens (tertiary/aromatic N) is 2. The van der Waals surface area contributed by atoms with E-state index in [0.29, 0.717) is 38.7 Å². The van der Waals surface area contributed by atoms with Crippen LogP contribution in [-0.2, 0) is 14.3 Å². The Labute approximate surface area is 143 Å². The molecule has 130 valence electrons. The van der Waals surface area contributed by atoms with Crippen molar-refractivity contribution in [2.24, 2.45) is 5.92 Å². The minimum Gasteiger partial charge on any atom is -0.372 e. The van der Waals surface area contributed by atoms with Crippen LogP contribution in [0.15, 0.2) is 30.3 Å². The van der Waals surface area contributed by atoms with Gasteiger partial charge in [0.15, 0.2) is 0 Å². The van der Waals surface area contributed by atoms with Crippen LogP contribution in [0.1, 0.15) is 37.9 Å². The van der Waals surface area contributed by atoms with E-state index >= 15 is 0 Å². The fraction of sp³-hybridized carbons (Fsp3) is 0.579. The summed E-state index contributed by atoms with van der Waals surface area (Å²) in [7, 11) is 0. The molecule has 24 heavy (non-hydrogen) atoms. The quantitative estimate of drug-likeness (QED) is 0.742. The van der Waals surface area contributed by atoms with Crippen LogP contribution < -0.4 is 0 Å². The van der Waals surface area contributed by atoms with E-state index in [4.69, 9.17) is 4.74 Å². The van der Waals surface area contributed by atoms with Crippen LogP contribution in [-0.4, -0.2) is 54.4 Å². The molecule has 2 aliphatic rings. The maximum atomic E-state index is 12.7. The zero-order valence-electron chi connectivity index (χ0n) is 14.3. The number of amides is 2. The Morgan fingerprint density at radius 2 is 1.67 bits per heavy atom. The molecule has 2 saturated heterocycles. The summed E-state index contributed by atoms with van der Waals surface area (Å²) in [6.07, 6.45) is 2.56. The maximum absolute atomic E-state index is 12.7. The molecule has 0 bridgehead atoms. The van der Waals surface area contributed by atoms with E-state index in [0.717, 1.165) is 24.8 Å². The normalized spacial score (nSPS) is 23.0. The monoisotopic (exact) mass is 330 g/mol. The van der Waals surface area contributed by atoms with E-state index in [1.165, 1.54) is 0 Å². The van der Waals surface area contributed by atoms with Crippen LogP contribution in [0.25, 0.3) is 0 Å². The minimum atomic E-state index is -0.379. The number of hydrogen-bond acceptors (Lipinski definition) is 3. The van der Waals surface area contributed by atoms with Gasteiger partial charge in [-0.2, -0.15) is 0 Å². The van der Waals surface area contributed by atoms with Crippen molar-refractivity contribution in [3.63, 3.8) is 0 Å². The van der Waals surface area contributed by atoms with Crippen molar-refractivity contribution in [3.8, 4) is 0 Å². The summed E-state index contributed by atoms with van der Waals surface area (Å²) in [6, 6.07) is 9.91. The Morgan fingerprint density at radius 3 is 2.38 bits per heavy atom. The Kier molecular flexibility index (Phi) is 5.51. The molecule has 3 rings (SSSR count).